The number of imide groups is 1. The maximum absolute atomic E-state index is 12.1. The summed E-state index contributed by atoms with van der Waals surface area (Å²) in [5.41, 5.74) is 1.03. The first-order valence-electron chi connectivity index (χ1n) is 8.14. The highest BCUT2D eigenvalue weighted by molar-refractivity contribution is 8.01. The summed E-state index contributed by atoms with van der Waals surface area (Å²) < 4.78 is 4.88. The molecule has 1 heterocycles. The highest BCUT2D eigenvalue weighted by atomic mass is 32.2. The fraction of sp³-hybridized carbons (Fsp3) is 0.158. The summed E-state index contributed by atoms with van der Waals surface area (Å²) in [4.78, 5) is 48.5. The van der Waals surface area contributed by atoms with E-state index in [0.29, 0.717) is 11.3 Å². The van der Waals surface area contributed by atoms with Crippen LogP contribution in [0.25, 0.3) is 0 Å². The molecule has 1 aliphatic rings. The molecule has 0 radical (unpaired) electrons. The Bertz CT molecular complexity index is 885. The van der Waals surface area contributed by atoms with Crippen LogP contribution < -0.4 is 10.6 Å². The monoisotopic (exact) mass is 384 g/mol. The molecule has 2 N–H and O–H groups in total. The molecule has 1 atom stereocenters. The van der Waals surface area contributed by atoms with E-state index < -0.39 is 29.6 Å². The Morgan fingerprint density at radius 1 is 1.04 bits per heavy atom. The highest BCUT2D eigenvalue weighted by Crippen LogP contribution is 2.36. The van der Waals surface area contributed by atoms with Crippen molar-refractivity contribution in [3.05, 3.63) is 60.2 Å². The maximum atomic E-state index is 12.1. The Labute approximate surface area is 159 Å². The maximum Gasteiger partial charge on any atom is 0.307 e. The average Bonchev–Trinajstić information content (AvgIpc) is 2.67. The smallest absolute Gasteiger partial charge is 0.307 e. The van der Waals surface area contributed by atoms with E-state index in [1.54, 1.807) is 36.4 Å². The predicted octanol–water partition coefficient (Wildman–Crippen LogP) is 1.99. The number of rotatable bonds is 5. The van der Waals surface area contributed by atoms with Crippen molar-refractivity contribution in [1.29, 1.82) is 0 Å². The van der Waals surface area contributed by atoms with Crippen LogP contribution in [-0.2, 0) is 19.1 Å². The summed E-state index contributed by atoms with van der Waals surface area (Å²) in [7, 11) is 0. The molecular formula is C19H16N2O5S. The predicted molar refractivity (Wildman–Crippen MR) is 99.2 cm³/mol. The zero-order valence-corrected chi connectivity index (χ0v) is 15.0. The van der Waals surface area contributed by atoms with Gasteiger partial charge in [-0.25, -0.2) is 0 Å². The standard InChI is InChI=1S/C19H16N2O5S/c22-16(21-18(24)12-6-2-1-3-7-12)11-26-17(23)10-15-19(25)20-13-8-4-5-9-14(13)27-15/h1-9,15H,10-11H2,(H,20,25)(H,21,22,24). The van der Waals surface area contributed by atoms with E-state index in [-0.39, 0.29) is 12.3 Å². The lowest BCUT2D eigenvalue weighted by atomic mass is 10.2. The molecule has 138 valence electrons. The van der Waals surface area contributed by atoms with Gasteiger partial charge >= 0.3 is 5.97 Å². The van der Waals surface area contributed by atoms with Crippen molar-refractivity contribution in [2.24, 2.45) is 0 Å². The summed E-state index contributed by atoms with van der Waals surface area (Å²) in [5, 5.41) is 4.23. The molecule has 0 spiro atoms. The summed E-state index contributed by atoms with van der Waals surface area (Å²) in [6.45, 7) is -0.590. The Hall–Kier alpha value is -3.13. The molecule has 3 amide bonds. The average molecular weight is 384 g/mol. The fourth-order valence-corrected chi connectivity index (χ4v) is 3.50. The Balaban J connectivity index is 1.46. The molecule has 0 saturated heterocycles. The van der Waals surface area contributed by atoms with E-state index in [4.69, 9.17) is 4.74 Å². The molecule has 0 aromatic heterocycles. The third kappa shape index (κ3) is 4.95. The van der Waals surface area contributed by atoms with Gasteiger partial charge in [-0.2, -0.15) is 0 Å². The zero-order valence-electron chi connectivity index (χ0n) is 14.1. The van der Waals surface area contributed by atoms with Crippen LogP contribution in [-0.4, -0.2) is 35.5 Å². The summed E-state index contributed by atoms with van der Waals surface area (Å²) >= 11 is 1.27. The second kappa shape index (κ2) is 8.50. The van der Waals surface area contributed by atoms with Gasteiger partial charge in [-0.3, -0.25) is 24.5 Å². The number of nitrogens with one attached hydrogen (secondary N) is 2. The van der Waals surface area contributed by atoms with Crippen molar-refractivity contribution in [2.75, 3.05) is 11.9 Å². The molecule has 1 aliphatic heterocycles. The lowest BCUT2D eigenvalue weighted by Gasteiger charge is -2.23. The fourth-order valence-electron chi connectivity index (χ4n) is 2.41. The number of ether oxygens (including phenoxy) is 1. The first kappa shape index (κ1) is 18.7. The topological polar surface area (TPSA) is 102 Å². The van der Waals surface area contributed by atoms with Gasteiger partial charge in [-0.1, -0.05) is 30.3 Å². The normalized spacial score (nSPS) is 15.3. The van der Waals surface area contributed by atoms with Crippen molar-refractivity contribution in [3.63, 3.8) is 0 Å². The molecular weight excluding hydrogens is 368 g/mol. The largest absolute Gasteiger partial charge is 0.456 e. The Kier molecular flexibility index (Phi) is 5.87. The van der Waals surface area contributed by atoms with E-state index in [1.807, 2.05) is 18.2 Å². The molecule has 0 saturated carbocycles. The number of carbonyl (C=O) groups is 4. The number of thioether (sulfide) groups is 1. The minimum absolute atomic E-state index is 0.176. The number of anilines is 1. The number of hydrogen-bond donors (Lipinski definition) is 2. The van der Waals surface area contributed by atoms with Crippen LogP contribution in [0.2, 0.25) is 0 Å². The second-order valence-electron chi connectivity index (χ2n) is 5.70. The van der Waals surface area contributed by atoms with E-state index in [2.05, 4.69) is 10.6 Å². The molecule has 0 bridgehead atoms. The number of esters is 1. The van der Waals surface area contributed by atoms with Gasteiger partial charge in [-0.05, 0) is 24.3 Å². The summed E-state index contributed by atoms with van der Waals surface area (Å²) in [5.74, 6) is -2.29. The van der Waals surface area contributed by atoms with Crippen molar-refractivity contribution in [2.45, 2.75) is 16.6 Å². The third-order valence-corrected chi connectivity index (χ3v) is 4.99. The molecule has 1 unspecified atom stereocenters. The SMILES string of the molecule is O=C(COC(=O)CC1Sc2ccccc2NC1=O)NC(=O)c1ccccc1. The number of hydrogen-bond acceptors (Lipinski definition) is 6. The van der Waals surface area contributed by atoms with Gasteiger partial charge in [0.25, 0.3) is 11.8 Å². The van der Waals surface area contributed by atoms with Crippen LogP contribution in [0.5, 0.6) is 0 Å². The van der Waals surface area contributed by atoms with Crippen LogP contribution in [0.4, 0.5) is 5.69 Å². The Morgan fingerprint density at radius 3 is 2.52 bits per heavy atom. The summed E-state index contributed by atoms with van der Waals surface area (Å²) in [6.07, 6.45) is -0.176. The molecule has 7 nitrogen and oxygen atoms in total. The van der Waals surface area contributed by atoms with Gasteiger partial charge in [-0.15, -0.1) is 11.8 Å². The van der Waals surface area contributed by atoms with Crippen LogP contribution >= 0.6 is 11.8 Å². The van der Waals surface area contributed by atoms with Crippen molar-refractivity contribution < 1.29 is 23.9 Å². The first-order chi connectivity index (χ1) is 13.0. The van der Waals surface area contributed by atoms with Gasteiger partial charge in [0.15, 0.2) is 6.61 Å². The molecule has 8 heteroatoms. The van der Waals surface area contributed by atoms with Crippen molar-refractivity contribution in [3.8, 4) is 0 Å². The molecule has 27 heavy (non-hydrogen) atoms. The first-order valence-corrected chi connectivity index (χ1v) is 9.02. The van der Waals surface area contributed by atoms with E-state index in [9.17, 15) is 19.2 Å². The number of amides is 3. The number of para-hydroxylation sites is 1. The zero-order chi connectivity index (χ0) is 19.2. The van der Waals surface area contributed by atoms with Gasteiger partial charge in [0, 0.05) is 10.5 Å². The van der Waals surface area contributed by atoms with Crippen molar-refractivity contribution >= 4 is 41.1 Å². The lowest BCUT2D eigenvalue weighted by molar-refractivity contribution is -0.148. The lowest BCUT2D eigenvalue weighted by Crippen LogP contribution is -2.35. The van der Waals surface area contributed by atoms with E-state index >= 15 is 0 Å². The molecule has 0 aliphatic carbocycles. The third-order valence-electron chi connectivity index (χ3n) is 3.71. The molecule has 2 aromatic carbocycles. The van der Waals surface area contributed by atoms with Crippen LogP contribution in [0.1, 0.15) is 16.8 Å². The quantitative estimate of drug-likeness (QED) is 0.765. The molecule has 2 aromatic rings. The van der Waals surface area contributed by atoms with Gasteiger partial charge in [0.2, 0.25) is 5.91 Å². The number of carbonyl (C=O) groups excluding carboxylic acids is 4. The van der Waals surface area contributed by atoms with Crippen molar-refractivity contribution in [1.82, 2.24) is 5.32 Å². The van der Waals surface area contributed by atoms with E-state index in [1.165, 1.54) is 11.8 Å². The van der Waals surface area contributed by atoms with Gasteiger partial charge in [0.05, 0.1) is 17.4 Å². The van der Waals surface area contributed by atoms with Gasteiger partial charge < -0.3 is 10.1 Å². The molecule has 0 fully saturated rings. The van der Waals surface area contributed by atoms with Crippen LogP contribution in [0, 0.1) is 0 Å². The second-order valence-corrected chi connectivity index (χ2v) is 6.94. The molecule has 3 rings (SSSR count). The van der Waals surface area contributed by atoms with E-state index in [0.717, 1.165) is 4.90 Å². The highest BCUT2D eigenvalue weighted by Gasteiger charge is 2.29. The van der Waals surface area contributed by atoms with Gasteiger partial charge in [0.1, 0.15) is 0 Å². The minimum Gasteiger partial charge on any atom is -0.456 e. The van der Waals surface area contributed by atoms with Crippen LogP contribution in [0.3, 0.4) is 0 Å². The Morgan fingerprint density at radius 2 is 1.74 bits per heavy atom. The van der Waals surface area contributed by atoms with Crippen LogP contribution in [0.15, 0.2) is 59.5 Å². The number of benzene rings is 2. The summed E-state index contributed by atoms with van der Waals surface area (Å²) in [6, 6.07) is 15.5. The minimum atomic E-state index is -0.733. The number of fused-ring (bicyclic) bond motifs is 1.